The third-order valence-corrected chi connectivity index (χ3v) is 3.27. The van der Waals surface area contributed by atoms with Gasteiger partial charge in [-0.05, 0) is 31.9 Å². The van der Waals surface area contributed by atoms with Crippen molar-refractivity contribution in [1.82, 2.24) is 0 Å². The average molecular weight is 297 g/mol. The van der Waals surface area contributed by atoms with Crippen LogP contribution in [0.2, 0.25) is 0 Å². The van der Waals surface area contributed by atoms with Crippen molar-refractivity contribution in [2.75, 3.05) is 12.5 Å². The summed E-state index contributed by atoms with van der Waals surface area (Å²) in [6.45, 7) is 2.50. The van der Waals surface area contributed by atoms with Crippen LogP contribution in [-0.2, 0) is 4.74 Å². The summed E-state index contributed by atoms with van der Waals surface area (Å²) in [6, 6.07) is 4.50. The van der Waals surface area contributed by atoms with Gasteiger partial charge in [-0.25, -0.2) is 4.39 Å². The summed E-state index contributed by atoms with van der Waals surface area (Å²) in [4.78, 5) is 0. The molecule has 0 radical (unpaired) electrons. The fourth-order valence-electron chi connectivity index (χ4n) is 2.13. The minimum atomic E-state index is -0.349. The number of ether oxygens (including phenoxy) is 2. The molecular formula is C16H18ClFO2. The largest absolute Gasteiger partial charge is 0.491 e. The summed E-state index contributed by atoms with van der Waals surface area (Å²) in [5, 5.41) is 0. The Balaban J connectivity index is 1.95. The fraction of sp³-hybridized carbons (Fsp3) is 0.500. The summed E-state index contributed by atoms with van der Waals surface area (Å²) in [5.74, 6) is 6.37. The van der Waals surface area contributed by atoms with Crippen molar-refractivity contribution >= 4 is 11.6 Å². The highest BCUT2D eigenvalue weighted by atomic mass is 35.5. The Morgan fingerprint density at radius 3 is 2.95 bits per heavy atom. The Morgan fingerprint density at radius 2 is 2.25 bits per heavy atom. The normalized spacial score (nSPS) is 21.4. The number of hydrogen-bond donors (Lipinski definition) is 0. The lowest BCUT2D eigenvalue weighted by Gasteiger charge is -2.13. The van der Waals surface area contributed by atoms with Gasteiger partial charge in [-0.15, -0.1) is 11.6 Å². The second kappa shape index (κ2) is 7.52. The zero-order valence-electron chi connectivity index (χ0n) is 11.5. The summed E-state index contributed by atoms with van der Waals surface area (Å²) < 4.78 is 24.8. The number of benzene rings is 1. The van der Waals surface area contributed by atoms with E-state index in [4.69, 9.17) is 21.1 Å². The smallest absolute Gasteiger partial charge is 0.128 e. The summed E-state index contributed by atoms with van der Waals surface area (Å²) >= 11 is 5.55. The third kappa shape index (κ3) is 4.70. The molecule has 2 rings (SSSR count). The van der Waals surface area contributed by atoms with E-state index in [9.17, 15) is 4.39 Å². The second-order valence-electron chi connectivity index (χ2n) is 4.87. The van der Waals surface area contributed by atoms with Gasteiger partial charge in [0.2, 0.25) is 0 Å². The highest BCUT2D eigenvalue weighted by Crippen LogP contribution is 2.21. The molecule has 0 amide bonds. The first-order valence-electron chi connectivity index (χ1n) is 6.81. The van der Waals surface area contributed by atoms with E-state index in [2.05, 4.69) is 11.8 Å². The van der Waals surface area contributed by atoms with E-state index >= 15 is 0 Å². The van der Waals surface area contributed by atoms with Crippen molar-refractivity contribution in [3.05, 3.63) is 29.6 Å². The lowest BCUT2D eigenvalue weighted by atomic mass is 10.2. The molecule has 1 heterocycles. The van der Waals surface area contributed by atoms with Gasteiger partial charge in [0.1, 0.15) is 18.2 Å². The predicted octanol–water partition coefficient (Wildman–Crippen LogP) is 3.75. The van der Waals surface area contributed by atoms with Gasteiger partial charge in [0.25, 0.3) is 0 Å². The van der Waals surface area contributed by atoms with Crippen LogP contribution in [0, 0.1) is 17.7 Å². The zero-order valence-corrected chi connectivity index (χ0v) is 12.3. The van der Waals surface area contributed by atoms with E-state index in [1.54, 1.807) is 6.07 Å². The molecule has 1 aromatic rings. The Kier molecular flexibility index (Phi) is 5.70. The first-order valence-corrected chi connectivity index (χ1v) is 7.34. The van der Waals surface area contributed by atoms with Gasteiger partial charge in [-0.2, -0.15) is 0 Å². The molecule has 1 fully saturated rings. The lowest BCUT2D eigenvalue weighted by Crippen LogP contribution is -2.17. The van der Waals surface area contributed by atoms with Crippen LogP contribution in [0.4, 0.5) is 4.39 Å². The van der Waals surface area contributed by atoms with E-state index in [0.717, 1.165) is 12.8 Å². The molecule has 2 unspecified atom stereocenters. The number of halogens is 2. The molecule has 2 nitrogen and oxygen atoms in total. The summed E-state index contributed by atoms with van der Waals surface area (Å²) in [7, 11) is 0. The van der Waals surface area contributed by atoms with Gasteiger partial charge in [0, 0.05) is 23.9 Å². The van der Waals surface area contributed by atoms with E-state index in [1.807, 2.05) is 6.92 Å². The number of alkyl halides is 1. The van der Waals surface area contributed by atoms with Crippen LogP contribution in [0.25, 0.3) is 0 Å². The standard InChI is InChI=1S/C16H18ClFO2/c1-12-5-6-15(20-12)11-19-16-9-13(4-2-3-7-17)8-14(18)10-16/h8-10,12,15H,3,5-7,11H2,1H3. The molecule has 1 aromatic carbocycles. The molecule has 108 valence electrons. The number of rotatable bonds is 4. The van der Waals surface area contributed by atoms with E-state index in [1.165, 1.54) is 12.1 Å². The van der Waals surface area contributed by atoms with Crippen molar-refractivity contribution < 1.29 is 13.9 Å². The molecule has 0 bridgehead atoms. The average Bonchev–Trinajstić information content (AvgIpc) is 2.82. The molecule has 0 aliphatic carbocycles. The maximum Gasteiger partial charge on any atom is 0.128 e. The lowest BCUT2D eigenvalue weighted by molar-refractivity contribution is 0.0264. The highest BCUT2D eigenvalue weighted by Gasteiger charge is 2.22. The van der Waals surface area contributed by atoms with Crippen LogP contribution in [0.5, 0.6) is 5.75 Å². The topological polar surface area (TPSA) is 18.5 Å². The van der Waals surface area contributed by atoms with Gasteiger partial charge >= 0.3 is 0 Å². The van der Waals surface area contributed by atoms with Crippen LogP contribution in [0.3, 0.4) is 0 Å². The van der Waals surface area contributed by atoms with E-state index in [0.29, 0.717) is 30.2 Å². The second-order valence-corrected chi connectivity index (χ2v) is 5.25. The van der Waals surface area contributed by atoms with E-state index < -0.39 is 0 Å². The summed E-state index contributed by atoms with van der Waals surface area (Å²) in [5.41, 5.74) is 0.603. The van der Waals surface area contributed by atoms with Crippen LogP contribution in [0.15, 0.2) is 18.2 Å². The minimum Gasteiger partial charge on any atom is -0.491 e. The molecule has 20 heavy (non-hydrogen) atoms. The Labute approximate surface area is 124 Å². The molecule has 1 saturated heterocycles. The Bertz CT molecular complexity index is 507. The van der Waals surface area contributed by atoms with Gasteiger partial charge in [-0.3, -0.25) is 0 Å². The van der Waals surface area contributed by atoms with Crippen LogP contribution < -0.4 is 4.74 Å². The van der Waals surface area contributed by atoms with Crippen molar-refractivity contribution in [1.29, 1.82) is 0 Å². The van der Waals surface area contributed by atoms with Crippen molar-refractivity contribution in [2.45, 2.75) is 38.4 Å². The quantitative estimate of drug-likeness (QED) is 0.622. The monoisotopic (exact) mass is 296 g/mol. The highest BCUT2D eigenvalue weighted by molar-refractivity contribution is 6.18. The van der Waals surface area contributed by atoms with Crippen molar-refractivity contribution in [3.8, 4) is 17.6 Å². The molecular weight excluding hydrogens is 279 g/mol. The zero-order chi connectivity index (χ0) is 14.4. The number of hydrogen-bond acceptors (Lipinski definition) is 2. The fourth-order valence-corrected chi connectivity index (χ4v) is 2.22. The van der Waals surface area contributed by atoms with Gasteiger partial charge in [0.05, 0.1) is 12.2 Å². The van der Waals surface area contributed by atoms with Crippen LogP contribution >= 0.6 is 11.6 Å². The molecule has 2 atom stereocenters. The molecule has 0 N–H and O–H groups in total. The van der Waals surface area contributed by atoms with Gasteiger partial charge < -0.3 is 9.47 Å². The van der Waals surface area contributed by atoms with Crippen molar-refractivity contribution in [2.24, 2.45) is 0 Å². The SMILES string of the molecule is CC1CCC(COc2cc(F)cc(C#CCCCl)c2)O1. The Hall–Kier alpha value is -1.24. The van der Waals surface area contributed by atoms with Crippen LogP contribution in [-0.4, -0.2) is 24.7 Å². The molecule has 1 aliphatic heterocycles. The maximum atomic E-state index is 13.5. The molecule has 0 saturated carbocycles. The van der Waals surface area contributed by atoms with E-state index in [-0.39, 0.29) is 18.0 Å². The summed E-state index contributed by atoms with van der Waals surface area (Å²) in [6.07, 6.45) is 3.00. The minimum absolute atomic E-state index is 0.0963. The molecule has 1 aliphatic rings. The first kappa shape index (κ1) is 15.2. The third-order valence-electron chi connectivity index (χ3n) is 3.08. The maximum absolute atomic E-state index is 13.5. The Morgan fingerprint density at radius 1 is 1.40 bits per heavy atom. The predicted molar refractivity (Wildman–Crippen MR) is 77.7 cm³/mol. The van der Waals surface area contributed by atoms with Gasteiger partial charge in [0.15, 0.2) is 0 Å². The van der Waals surface area contributed by atoms with Gasteiger partial charge in [-0.1, -0.05) is 11.8 Å². The van der Waals surface area contributed by atoms with Crippen molar-refractivity contribution in [3.63, 3.8) is 0 Å². The first-order chi connectivity index (χ1) is 9.67. The molecule has 0 spiro atoms. The molecule has 4 heteroatoms. The molecule has 0 aromatic heterocycles. The van der Waals surface area contributed by atoms with Crippen LogP contribution in [0.1, 0.15) is 31.7 Å².